The van der Waals surface area contributed by atoms with Crippen LogP contribution in [0.3, 0.4) is 0 Å². The average Bonchev–Trinajstić information content (AvgIpc) is 3.06. The molecule has 0 saturated carbocycles. The molecule has 1 unspecified atom stereocenters. The fraction of sp³-hybridized carbons (Fsp3) is 0.412. The number of furan rings is 1. The van der Waals surface area contributed by atoms with Gasteiger partial charge in [0, 0.05) is 25.4 Å². The van der Waals surface area contributed by atoms with E-state index in [9.17, 15) is 8.42 Å². The molecule has 0 bridgehead atoms. The predicted octanol–water partition coefficient (Wildman–Crippen LogP) is 3.70. The second-order valence-electron chi connectivity index (χ2n) is 5.57. The summed E-state index contributed by atoms with van der Waals surface area (Å²) in [5, 5.41) is 0. The summed E-state index contributed by atoms with van der Waals surface area (Å²) in [5.74, 6) is 1.39. The molecule has 2 aromatic rings. The molecule has 0 fully saturated rings. The zero-order valence-electron chi connectivity index (χ0n) is 13.4. The third kappa shape index (κ3) is 4.59. The standard InChI is InChI=1S/C17H22ClNO3S/c1-14(5-8-16-4-3-13-22-16)19(2)23(20,21)17-9-6-15(7-10-17)11-12-18/h3-4,6-7,9-10,13-14H,5,8,11-12H2,1-2H3. The highest BCUT2D eigenvalue weighted by Gasteiger charge is 2.25. The second kappa shape index (κ2) is 7.99. The van der Waals surface area contributed by atoms with E-state index >= 15 is 0 Å². The Hall–Kier alpha value is -1.30. The zero-order chi connectivity index (χ0) is 16.9. The summed E-state index contributed by atoms with van der Waals surface area (Å²) in [6.45, 7) is 1.91. The molecule has 6 heteroatoms. The van der Waals surface area contributed by atoms with E-state index in [0.29, 0.717) is 23.6 Å². The van der Waals surface area contributed by atoms with Crippen LogP contribution in [0.15, 0.2) is 52.0 Å². The minimum absolute atomic E-state index is 0.118. The van der Waals surface area contributed by atoms with Crippen LogP contribution in [0, 0.1) is 0 Å². The largest absolute Gasteiger partial charge is 0.469 e. The number of halogens is 1. The Morgan fingerprint density at radius 2 is 1.87 bits per heavy atom. The van der Waals surface area contributed by atoms with E-state index in [-0.39, 0.29) is 6.04 Å². The molecule has 4 nitrogen and oxygen atoms in total. The number of alkyl halides is 1. The molecule has 0 radical (unpaired) electrons. The second-order valence-corrected chi connectivity index (χ2v) is 7.95. The summed E-state index contributed by atoms with van der Waals surface area (Å²) in [4.78, 5) is 0.308. The van der Waals surface area contributed by atoms with Crippen molar-refractivity contribution in [1.29, 1.82) is 0 Å². The number of aryl methyl sites for hydroxylation is 2. The monoisotopic (exact) mass is 355 g/mol. The van der Waals surface area contributed by atoms with Gasteiger partial charge in [-0.1, -0.05) is 12.1 Å². The highest BCUT2D eigenvalue weighted by molar-refractivity contribution is 7.89. The normalized spacial score (nSPS) is 13.4. The van der Waals surface area contributed by atoms with Gasteiger partial charge >= 0.3 is 0 Å². The van der Waals surface area contributed by atoms with E-state index in [4.69, 9.17) is 16.0 Å². The molecule has 0 spiro atoms. The fourth-order valence-corrected chi connectivity index (χ4v) is 3.94. The molecular weight excluding hydrogens is 334 g/mol. The quantitative estimate of drug-likeness (QED) is 0.678. The van der Waals surface area contributed by atoms with Crippen LogP contribution in [0.5, 0.6) is 0 Å². The third-order valence-corrected chi connectivity index (χ3v) is 6.17. The maximum atomic E-state index is 12.7. The Morgan fingerprint density at radius 1 is 1.17 bits per heavy atom. The first-order valence-corrected chi connectivity index (χ1v) is 9.58. The van der Waals surface area contributed by atoms with Gasteiger partial charge < -0.3 is 4.42 Å². The SMILES string of the molecule is CC(CCc1ccco1)N(C)S(=O)(=O)c1ccc(CCCl)cc1. The van der Waals surface area contributed by atoms with Crippen LogP contribution in [0.1, 0.15) is 24.7 Å². The van der Waals surface area contributed by atoms with E-state index in [1.54, 1.807) is 25.4 Å². The first-order chi connectivity index (χ1) is 10.9. The van der Waals surface area contributed by atoms with Crippen molar-refractivity contribution >= 4 is 21.6 Å². The molecule has 0 amide bonds. The molecule has 0 aliphatic heterocycles. The van der Waals surface area contributed by atoms with Gasteiger partial charge in [0.05, 0.1) is 11.2 Å². The molecule has 1 aromatic carbocycles. The van der Waals surface area contributed by atoms with E-state index in [1.165, 1.54) is 4.31 Å². The van der Waals surface area contributed by atoms with Crippen molar-refractivity contribution in [2.75, 3.05) is 12.9 Å². The molecule has 126 valence electrons. The Kier molecular flexibility index (Phi) is 6.27. The molecule has 1 heterocycles. The smallest absolute Gasteiger partial charge is 0.243 e. The van der Waals surface area contributed by atoms with Gasteiger partial charge in [0.15, 0.2) is 0 Å². The van der Waals surface area contributed by atoms with Crippen LogP contribution in [0.25, 0.3) is 0 Å². The number of sulfonamides is 1. The molecule has 0 aliphatic carbocycles. The summed E-state index contributed by atoms with van der Waals surface area (Å²) in [5.41, 5.74) is 1.03. The van der Waals surface area contributed by atoms with Crippen molar-refractivity contribution in [3.05, 3.63) is 54.0 Å². The van der Waals surface area contributed by atoms with Crippen LogP contribution in [-0.2, 0) is 22.9 Å². The van der Waals surface area contributed by atoms with Gasteiger partial charge in [0.25, 0.3) is 0 Å². The number of hydrogen-bond acceptors (Lipinski definition) is 3. The van der Waals surface area contributed by atoms with Crippen molar-refractivity contribution in [3.8, 4) is 0 Å². The summed E-state index contributed by atoms with van der Waals surface area (Å²) in [6.07, 6.45) is 3.77. The van der Waals surface area contributed by atoms with Gasteiger partial charge in [0.1, 0.15) is 5.76 Å². The maximum Gasteiger partial charge on any atom is 0.243 e. The molecule has 2 rings (SSSR count). The summed E-state index contributed by atoms with van der Waals surface area (Å²) >= 11 is 5.70. The Morgan fingerprint density at radius 3 is 2.43 bits per heavy atom. The van der Waals surface area contributed by atoms with Crippen LogP contribution in [0.2, 0.25) is 0 Å². The topological polar surface area (TPSA) is 50.5 Å². The Bertz CT molecular complexity index is 696. The van der Waals surface area contributed by atoms with Crippen LogP contribution in [0.4, 0.5) is 0 Å². The molecular formula is C17H22ClNO3S. The number of benzene rings is 1. The lowest BCUT2D eigenvalue weighted by Gasteiger charge is -2.24. The maximum absolute atomic E-state index is 12.7. The predicted molar refractivity (Wildman–Crippen MR) is 92.3 cm³/mol. The molecule has 1 aromatic heterocycles. The van der Waals surface area contributed by atoms with Gasteiger partial charge in [-0.3, -0.25) is 0 Å². The zero-order valence-corrected chi connectivity index (χ0v) is 15.0. The van der Waals surface area contributed by atoms with E-state index in [0.717, 1.165) is 17.7 Å². The molecule has 0 saturated heterocycles. The van der Waals surface area contributed by atoms with Crippen molar-refractivity contribution in [2.24, 2.45) is 0 Å². The number of hydrogen-bond donors (Lipinski definition) is 0. The van der Waals surface area contributed by atoms with Crippen molar-refractivity contribution in [3.63, 3.8) is 0 Å². The lowest BCUT2D eigenvalue weighted by atomic mass is 10.1. The first-order valence-electron chi connectivity index (χ1n) is 7.60. The van der Waals surface area contributed by atoms with Gasteiger partial charge in [0.2, 0.25) is 10.0 Å². The van der Waals surface area contributed by atoms with Crippen molar-refractivity contribution in [2.45, 2.75) is 37.1 Å². The van der Waals surface area contributed by atoms with Gasteiger partial charge in [-0.25, -0.2) is 8.42 Å². The molecule has 0 N–H and O–H groups in total. The van der Waals surface area contributed by atoms with Crippen molar-refractivity contribution < 1.29 is 12.8 Å². The highest BCUT2D eigenvalue weighted by atomic mass is 35.5. The number of nitrogens with zero attached hydrogens (tertiary/aromatic N) is 1. The average molecular weight is 356 g/mol. The first kappa shape index (κ1) is 18.0. The fourth-order valence-electron chi connectivity index (χ4n) is 2.33. The summed E-state index contributed by atoms with van der Waals surface area (Å²) in [7, 11) is -1.87. The van der Waals surface area contributed by atoms with E-state index < -0.39 is 10.0 Å². The molecule has 0 aliphatic rings. The minimum Gasteiger partial charge on any atom is -0.469 e. The van der Waals surface area contributed by atoms with Crippen molar-refractivity contribution in [1.82, 2.24) is 4.31 Å². The van der Waals surface area contributed by atoms with Crippen LogP contribution in [-0.4, -0.2) is 31.7 Å². The summed E-state index contributed by atoms with van der Waals surface area (Å²) in [6, 6.07) is 10.5. The van der Waals surface area contributed by atoms with Gasteiger partial charge in [-0.2, -0.15) is 4.31 Å². The minimum atomic E-state index is -3.49. The van der Waals surface area contributed by atoms with Gasteiger partial charge in [-0.15, -0.1) is 11.6 Å². The lowest BCUT2D eigenvalue weighted by molar-refractivity contribution is 0.361. The van der Waals surface area contributed by atoms with E-state index in [2.05, 4.69) is 0 Å². The lowest BCUT2D eigenvalue weighted by Crippen LogP contribution is -2.35. The van der Waals surface area contributed by atoms with Gasteiger partial charge in [-0.05, 0) is 49.6 Å². The molecule has 23 heavy (non-hydrogen) atoms. The Balaban J connectivity index is 2.04. The number of rotatable bonds is 8. The summed E-state index contributed by atoms with van der Waals surface area (Å²) < 4.78 is 32.1. The third-order valence-electron chi connectivity index (χ3n) is 3.99. The van der Waals surface area contributed by atoms with Crippen LogP contribution < -0.4 is 0 Å². The highest BCUT2D eigenvalue weighted by Crippen LogP contribution is 2.20. The van der Waals surface area contributed by atoms with E-state index in [1.807, 2.05) is 31.2 Å². The van der Waals surface area contributed by atoms with Crippen LogP contribution >= 0.6 is 11.6 Å². The Labute approximate surface area is 143 Å². The molecule has 1 atom stereocenters.